The van der Waals surface area contributed by atoms with Crippen molar-refractivity contribution >= 4 is 10.0 Å². The first kappa shape index (κ1) is 12.3. The summed E-state index contributed by atoms with van der Waals surface area (Å²) in [6.45, 7) is 4.75. The smallest absolute Gasteiger partial charge is 0.214 e. The normalized spacial score (nSPS) is 24.2. The Labute approximate surface area is 98.7 Å². The molecule has 4 nitrogen and oxygen atoms in total. The van der Waals surface area contributed by atoms with Crippen molar-refractivity contribution in [3.63, 3.8) is 0 Å². The molecule has 2 heterocycles. The summed E-state index contributed by atoms with van der Waals surface area (Å²) >= 11 is 0. The predicted molar refractivity (Wildman–Crippen MR) is 64.9 cm³/mol. The van der Waals surface area contributed by atoms with Crippen molar-refractivity contribution in [2.45, 2.75) is 32.1 Å². The van der Waals surface area contributed by atoms with E-state index in [-0.39, 0.29) is 0 Å². The van der Waals surface area contributed by atoms with Gasteiger partial charge in [-0.1, -0.05) is 0 Å². The van der Waals surface area contributed by atoms with Gasteiger partial charge in [-0.05, 0) is 51.7 Å². The van der Waals surface area contributed by atoms with Gasteiger partial charge in [-0.3, -0.25) is 0 Å². The molecule has 0 aromatic carbocycles. The van der Waals surface area contributed by atoms with E-state index in [2.05, 4.69) is 4.90 Å². The monoisotopic (exact) mass is 246 g/mol. The van der Waals surface area contributed by atoms with Gasteiger partial charge >= 0.3 is 0 Å². The standard InChI is InChI=1S/C11H22N2O2S/c14-16(15,13-9-3-4-10-13)11-5-8-12-6-1-2-7-12/h1-11H2. The highest BCUT2D eigenvalue weighted by molar-refractivity contribution is 7.89. The van der Waals surface area contributed by atoms with Crippen molar-refractivity contribution in [3.05, 3.63) is 0 Å². The van der Waals surface area contributed by atoms with Crippen LogP contribution in [0.4, 0.5) is 0 Å². The van der Waals surface area contributed by atoms with E-state index in [1.807, 2.05) is 0 Å². The lowest BCUT2D eigenvalue weighted by molar-refractivity contribution is 0.338. The molecule has 0 bridgehead atoms. The van der Waals surface area contributed by atoms with Crippen molar-refractivity contribution in [1.29, 1.82) is 0 Å². The molecule has 0 N–H and O–H groups in total. The van der Waals surface area contributed by atoms with Crippen LogP contribution in [0.5, 0.6) is 0 Å². The van der Waals surface area contributed by atoms with E-state index in [9.17, 15) is 8.42 Å². The largest absolute Gasteiger partial charge is 0.303 e. The summed E-state index contributed by atoms with van der Waals surface area (Å²) in [7, 11) is -2.95. The molecule has 0 aromatic rings. The van der Waals surface area contributed by atoms with E-state index < -0.39 is 10.0 Å². The van der Waals surface area contributed by atoms with Crippen molar-refractivity contribution < 1.29 is 8.42 Å². The number of sulfonamides is 1. The molecule has 16 heavy (non-hydrogen) atoms. The van der Waals surface area contributed by atoms with Crippen LogP contribution < -0.4 is 0 Å². The minimum atomic E-state index is -2.95. The average Bonchev–Trinajstić information content (AvgIpc) is 2.90. The van der Waals surface area contributed by atoms with Gasteiger partial charge in [0.1, 0.15) is 0 Å². The third-order valence-corrected chi connectivity index (χ3v) is 5.49. The molecule has 2 saturated heterocycles. The quantitative estimate of drug-likeness (QED) is 0.723. The zero-order valence-electron chi connectivity index (χ0n) is 9.90. The van der Waals surface area contributed by atoms with Crippen LogP contribution in [-0.2, 0) is 10.0 Å². The number of hydrogen-bond acceptors (Lipinski definition) is 3. The van der Waals surface area contributed by atoms with Crippen LogP contribution >= 0.6 is 0 Å². The fraction of sp³-hybridized carbons (Fsp3) is 1.00. The molecular formula is C11H22N2O2S. The molecule has 0 aliphatic carbocycles. The summed E-state index contributed by atoms with van der Waals surface area (Å²) in [5, 5.41) is 0. The second-order valence-electron chi connectivity index (χ2n) is 4.82. The van der Waals surface area contributed by atoms with Gasteiger partial charge < -0.3 is 4.90 Å². The van der Waals surface area contributed by atoms with Gasteiger partial charge in [0, 0.05) is 13.1 Å². The highest BCUT2D eigenvalue weighted by Crippen LogP contribution is 2.14. The van der Waals surface area contributed by atoms with Crippen LogP contribution in [0, 0.1) is 0 Å². The Morgan fingerprint density at radius 2 is 1.44 bits per heavy atom. The number of nitrogens with zero attached hydrogens (tertiary/aromatic N) is 2. The minimum Gasteiger partial charge on any atom is -0.303 e. The molecule has 0 radical (unpaired) electrons. The first-order valence-corrected chi connectivity index (χ1v) is 7.99. The molecule has 5 heteroatoms. The number of likely N-dealkylation sites (tertiary alicyclic amines) is 1. The molecule has 0 saturated carbocycles. The Morgan fingerprint density at radius 3 is 2.06 bits per heavy atom. The van der Waals surface area contributed by atoms with Gasteiger partial charge in [-0.15, -0.1) is 0 Å². The van der Waals surface area contributed by atoms with Gasteiger partial charge in [0.2, 0.25) is 10.0 Å². The summed E-state index contributed by atoms with van der Waals surface area (Å²) in [5.74, 6) is 0.337. The molecule has 2 aliphatic rings. The molecule has 2 aliphatic heterocycles. The lowest BCUT2D eigenvalue weighted by Gasteiger charge is -2.17. The lowest BCUT2D eigenvalue weighted by atomic mass is 10.4. The molecule has 0 spiro atoms. The molecule has 0 unspecified atom stereocenters. The third-order valence-electron chi connectivity index (χ3n) is 3.53. The summed E-state index contributed by atoms with van der Waals surface area (Å²) < 4.78 is 25.5. The van der Waals surface area contributed by atoms with Crippen LogP contribution in [0.2, 0.25) is 0 Å². The number of rotatable bonds is 5. The Bertz CT molecular complexity index is 304. The second kappa shape index (κ2) is 5.47. The van der Waals surface area contributed by atoms with Crippen molar-refractivity contribution in [2.24, 2.45) is 0 Å². The average molecular weight is 246 g/mol. The maximum absolute atomic E-state index is 11.9. The summed E-state index contributed by atoms with van der Waals surface area (Å²) in [5.41, 5.74) is 0. The molecule has 0 atom stereocenters. The maximum Gasteiger partial charge on any atom is 0.214 e. The Hall–Kier alpha value is -0.130. The molecule has 0 aromatic heterocycles. The van der Waals surface area contributed by atoms with E-state index in [4.69, 9.17) is 0 Å². The lowest BCUT2D eigenvalue weighted by Crippen LogP contribution is -2.32. The molecule has 2 rings (SSSR count). The first-order valence-electron chi connectivity index (χ1n) is 6.39. The summed E-state index contributed by atoms with van der Waals surface area (Å²) in [4.78, 5) is 2.37. The van der Waals surface area contributed by atoms with Crippen molar-refractivity contribution in [2.75, 3.05) is 38.5 Å². The zero-order chi connectivity index (χ0) is 11.4. The second-order valence-corrected chi connectivity index (χ2v) is 6.91. The van der Waals surface area contributed by atoms with E-state index in [1.54, 1.807) is 4.31 Å². The Balaban J connectivity index is 1.71. The highest BCUT2D eigenvalue weighted by atomic mass is 32.2. The van der Waals surface area contributed by atoms with Crippen LogP contribution in [-0.4, -0.2) is 56.1 Å². The van der Waals surface area contributed by atoms with E-state index >= 15 is 0 Å². The fourth-order valence-corrected chi connectivity index (χ4v) is 4.14. The number of hydrogen-bond donors (Lipinski definition) is 0. The van der Waals surface area contributed by atoms with Gasteiger partial charge in [-0.25, -0.2) is 12.7 Å². The van der Waals surface area contributed by atoms with Crippen LogP contribution in [0.3, 0.4) is 0 Å². The SMILES string of the molecule is O=S(=O)(CCCN1CCCC1)N1CCCC1. The minimum absolute atomic E-state index is 0.337. The van der Waals surface area contributed by atoms with Gasteiger partial charge in [-0.2, -0.15) is 0 Å². The Morgan fingerprint density at radius 1 is 0.875 bits per heavy atom. The molecule has 2 fully saturated rings. The van der Waals surface area contributed by atoms with Crippen molar-refractivity contribution in [1.82, 2.24) is 9.21 Å². The van der Waals surface area contributed by atoms with Gasteiger partial charge in [0.05, 0.1) is 5.75 Å². The molecule has 94 valence electrons. The highest BCUT2D eigenvalue weighted by Gasteiger charge is 2.24. The van der Waals surface area contributed by atoms with Gasteiger partial charge in [0.15, 0.2) is 0 Å². The third kappa shape index (κ3) is 3.18. The van der Waals surface area contributed by atoms with Crippen LogP contribution in [0.1, 0.15) is 32.1 Å². The van der Waals surface area contributed by atoms with E-state index in [0.29, 0.717) is 5.75 Å². The van der Waals surface area contributed by atoms with E-state index in [0.717, 1.165) is 52.0 Å². The molecule has 0 amide bonds. The Kier molecular flexibility index (Phi) is 4.21. The predicted octanol–water partition coefficient (Wildman–Crippen LogP) is 0.898. The van der Waals surface area contributed by atoms with Crippen molar-refractivity contribution in [3.8, 4) is 0 Å². The maximum atomic E-state index is 11.9. The zero-order valence-corrected chi connectivity index (χ0v) is 10.7. The van der Waals surface area contributed by atoms with Crippen LogP contribution in [0.25, 0.3) is 0 Å². The summed E-state index contributed by atoms with van der Waals surface area (Å²) in [6.07, 6.45) is 5.41. The van der Waals surface area contributed by atoms with Gasteiger partial charge in [0.25, 0.3) is 0 Å². The summed E-state index contributed by atoms with van der Waals surface area (Å²) in [6, 6.07) is 0. The topological polar surface area (TPSA) is 40.6 Å². The van der Waals surface area contributed by atoms with Crippen LogP contribution in [0.15, 0.2) is 0 Å². The van der Waals surface area contributed by atoms with E-state index in [1.165, 1.54) is 12.8 Å². The fourth-order valence-electron chi connectivity index (χ4n) is 2.57. The molecular weight excluding hydrogens is 224 g/mol. The first-order chi connectivity index (χ1) is 7.68.